The Morgan fingerprint density at radius 2 is 2.04 bits per heavy atom. The van der Waals surface area contributed by atoms with Crippen LogP contribution in [0.1, 0.15) is 40.7 Å². The van der Waals surface area contributed by atoms with Crippen molar-refractivity contribution in [2.24, 2.45) is 0 Å². The number of nitrogens with zero attached hydrogens (tertiary/aromatic N) is 2. The predicted octanol–water partition coefficient (Wildman–Crippen LogP) is 2.75. The molecule has 6 nitrogen and oxygen atoms in total. The number of amides is 1. The molecule has 0 saturated carbocycles. The molecule has 1 aromatic carbocycles. The van der Waals surface area contributed by atoms with E-state index in [0.717, 1.165) is 11.3 Å². The zero-order valence-corrected chi connectivity index (χ0v) is 16.3. The van der Waals surface area contributed by atoms with Crippen molar-refractivity contribution in [2.75, 3.05) is 18.8 Å². The van der Waals surface area contributed by atoms with Crippen LogP contribution in [0.25, 0.3) is 0 Å². The van der Waals surface area contributed by atoms with Crippen LogP contribution >= 0.6 is 0 Å². The lowest BCUT2D eigenvalue weighted by Gasteiger charge is -2.20. The van der Waals surface area contributed by atoms with Crippen LogP contribution in [0.5, 0.6) is 0 Å². The summed E-state index contributed by atoms with van der Waals surface area (Å²) < 4.78 is 44.5. The number of rotatable bonds is 4. The van der Waals surface area contributed by atoms with Gasteiger partial charge in [0.2, 0.25) is 5.91 Å². The van der Waals surface area contributed by atoms with Crippen molar-refractivity contribution in [3.8, 4) is 0 Å². The van der Waals surface area contributed by atoms with E-state index in [2.05, 4.69) is 5.16 Å². The van der Waals surface area contributed by atoms with Gasteiger partial charge in [0.15, 0.2) is 9.84 Å². The molecule has 1 aliphatic heterocycles. The van der Waals surface area contributed by atoms with Crippen molar-refractivity contribution in [3.05, 3.63) is 52.7 Å². The normalized spacial score (nSPS) is 19.7. The monoisotopic (exact) mass is 394 g/mol. The van der Waals surface area contributed by atoms with Crippen LogP contribution in [0.3, 0.4) is 0 Å². The summed E-state index contributed by atoms with van der Waals surface area (Å²) in [6.07, 6.45) is 0.952. The third-order valence-corrected chi connectivity index (χ3v) is 7.22. The van der Waals surface area contributed by atoms with Gasteiger partial charge in [-0.2, -0.15) is 0 Å². The zero-order chi connectivity index (χ0) is 19.6. The average Bonchev–Trinajstić information content (AvgIpc) is 2.85. The van der Waals surface area contributed by atoms with Gasteiger partial charge in [-0.3, -0.25) is 4.79 Å². The lowest BCUT2D eigenvalue weighted by Crippen LogP contribution is -2.33. The Hall–Kier alpha value is -2.22. The molecule has 1 saturated heterocycles. The average molecular weight is 394 g/mol. The smallest absolute Gasteiger partial charge is 0.222 e. The summed E-state index contributed by atoms with van der Waals surface area (Å²) in [6.45, 7) is 4.05. The molecule has 1 unspecified atom stereocenters. The van der Waals surface area contributed by atoms with Crippen LogP contribution in [0, 0.1) is 19.7 Å². The number of hydrogen-bond donors (Lipinski definition) is 0. The molecule has 0 aliphatic carbocycles. The van der Waals surface area contributed by atoms with Gasteiger partial charge in [-0.05, 0) is 32.8 Å². The third kappa shape index (κ3) is 4.21. The molecule has 146 valence electrons. The number of hydrogen-bond acceptors (Lipinski definition) is 5. The molecule has 2 aromatic rings. The highest BCUT2D eigenvalue weighted by Gasteiger charge is 2.34. The summed E-state index contributed by atoms with van der Waals surface area (Å²) in [5.74, 6) is -0.106. The Balaban J connectivity index is 1.70. The minimum atomic E-state index is -3.53. The maximum Gasteiger partial charge on any atom is 0.222 e. The van der Waals surface area contributed by atoms with Gasteiger partial charge in [0.1, 0.15) is 11.6 Å². The summed E-state index contributed by atoms with van der Waals surface area (Å²) in [5.41, 5.74) is 1.86. The Bertz CT molecular complexity index is 919. The second kappa shape index (κ2) is 7.80. The van der Waals surface area contributed by atoms with Crippen molar-refractivity contribution < 1.29 is 22.1 Å². The maximum absolute atomic E-state index is 14.1. The number of benzene rings is 1. The summed E-state index contributed by atoms with van der Waals surface area (Å²) in [7, 11) is -3.53. The Morgan fingerprint density at radius 1 is 1.30 bits per heavy atom. The minimum absolute atomic E-state index is 0.112. The molecule has 8 heteroatoms. The molecule has 0 bridgehead atoms. The van der Waals surface area contributed by atoms with Crippen molar-refractivity contribution in [2.45, 2.75) is 38.4 Å². The molecule has 2 heterocycles. The van der Waals surface area contributed by atoms with E-state index in [0.29, 0.717) is 18.7 Å². The van der Waals surface area contributed by atoms with Gasteiger partial charge in [-0.15, -0.1) is 0 Å². The number of halogens is 1. The largest absolute Gasteiger partial charge is 0.361 e. The quantitative estimate of drug-likeness (QED) is 0.797. The van der Waals surface area contributed by atoms with Crippen molar-refractivity contribution >= 4 is 15.7 Å². The lowest BCUT2D eigenvalue weighted by molar-refractivity contribution is -0.130. The number of carbonyl (C=O) groups is 1. The molecular formula is C19H23FN2O4S. The fourth-order valence-electron chi connectivity index (χ4n) is 3.53. The first-order valence-corrected chi connectivity index (χ1v) is 10.7. The number of carbonyl (C=O) groups excluding carboxylic acids is 1. The van der Waals surface area contributed by atoms with Crippen LogP contribution in [0.4, 0.5) is 4.39 Å². The fourth-order valence-corrected chi connectivity index (χ4v) is 5.33. The number of aromatic nitrogens is 1. The first-order chi connectivity index (χ1) is 12.8. The van der Waals surface area contributed by atoms with Gasteiger partial charge in [-0.1, -0.05) is 23.4 Å². The fraction of sp³-hybridized carbons (Fsp3) is 0.474. The van der Waals surface area contributed by atoms with E-state index in [9.17, 15) is 17.6 Å². The lowest BCUT2D eigenvalue weighted by atomic mass is 10.1. The topological polar surface area (TPSA) is 80.5 Å². The number of sulfone groups is 1. The molecule has 0 spiro atoms. The van der Waals surface area contributed by atoms with Gasteiger partial charge < -0.3 is 9.42 Å². The first-order valence-electron chi connectivity index (χ1n) is 8.95. The van der Waals surface area contributed by atoms with E-state index in [4.69, 9.17) is 4.52 Å². The van der Waals surface area contributed by atoms with Gasteiger partial charge in [0.25, 0.3) is 0 Å². The van der Waals surface area contributed by atoms with Gasteiger partial charge in [-0.25, -0.2) is 12.8 Å². The standard InChI is InChI=1S/C19H23FN2O4S/c1-13-15(14(2)26-21-13)7-8-19(23)22-10-9-18(27(24,25)12-11-22)16-5-3-4-6-17(16)20/h3-6,18H,7-12H2,1-2H3. The van der Waals surface area contributed by atoms with Gasteiger partial charge in [0.05, 0.1) is 16.7 Å². The Kier molecular flexibility index (Phi) is 5.64. The molecule has 1 aromatic heterocycles. The summed E-state index contributed by atoms with van der Waals surface area (Å²) in [4.78, 5) is 14.2. The Morgan fingerprint density at radius 3 is 2.70 bits per heavy atom. The van der Waals surface area contributed by atoms with Gasteiger partial charge >= 0.3 is 0 Å². The molecule has 3 rings (SSSR count). The third-order valence-electron chi connectivity index (χ3n) is 5.12. The maximum atomic E-state index is 14.1. The van der Waals surface area contributed by atoms with Crippen LogP contribution in [-0.4, -0.2) is 43.2 Å². The van der Waals surface area contributed by atoms with Crippen molar-refractivity contribution in [1.29, 1.82) is 0 Å². The molecule has 0 N–H and O–H groups in total. The molecule has 1 fully saturated rings. The highest BCUT2D eigenvalue weighted by Crippen LogP contribution is 2.31. The molecular weight excluding hydrogens is 371 g/mol. The summed E-state index contributed by atoms with van der Waals surface area (Å²) >= 11 is 0. The highest BCUT2D eigenvalue weighted by atomic mass is 32.2. The Labute approximate surface area is 158 Å². The van der Waals surface area contributed by atoms with E-state index in [-0.39, 0.29) is 36.6 Å². The van der Waals surface area contributed by atoms with E-state index in [1.165, 1.54) is 18.2 Å². The van der Waals surface area contributed by atoms with E-state index >= 15 is 0 Å². The van der Waals surface area contributed by atoms with E-state index in [1.54, 1.807) is 17.9 Å². The SMILES string of the molecule is Cc1noc(C)c1CCC(=O)N1CCC(c2ccccc2F)S(=O)(=O)CC1. The molecule has 1 aliphatic rings. The second-order valence-electron chi connectivity index (χ2n) is 6.85. The summed E-state index contributed by atoms with van der Waals surface area (Å²) in [5, 5.41) is 2.96. The van der Waals surface area contributed by atoms with Gasteiger partial charge in [0, 0.05) is 30.6 Å². The highest BCUT2D eigenvalue weighted by molar-refractivity contribution is 7.91. The van der Waals surface area contributed by atoms with Crippen molar-refractivity contribution in [1.82, 2.24) is 10.1 Å². The van der Waals surface area contributed by atoms with E-state index < -0.39 is 20.9 Å². The molecule has 1 atom stereocenters. The van der Waals surface area contributed by atoms with E-state index in [1.807, 2.05) is 6.92 Å². The first kappa shape index (κ1) is 19.5. The predicted molar refractivity (Wildman–Crippen MR) is 98.4 cm³/mol. The van der Waals surface area contributed by atoms with Crippen LogP contribution in [0.15, 0.2) is 28.8 Å². The number of aryl methyl sites for hydroxylation is 2. The van der Waals surface area contributed by atoms with Crippen LogP contribution in [-0.2, 0) is 21.1 Å². The zero-order valence-electron chi connectivity index (χ0n) is 15.4. The van der Waals surface area contributed by atoms with Crippen LogP contribution in [0.2, 0.25) is 0 Å². The molecule has 1 amide bonds. The molecule has 27 heavy (non-hydrogen) atoms. The second-order valence-corrected chi connectivity index (χ2v) is 9.15. The minimum Gasteiger partial charge on any atom is -0.361 e. The van der Waals surface area contributed by atoms with Crippen LogP contribution < -0.4 is 0 Å². The summed E-state index contributed by atoms with van der Waals surface area (Å²) in [6, 6.07) is 5.94. The molecule has 0 radical (unpaired) electrons. The van der Waals surface area contributed by atoms with Crippen molar-refractivity contribution in [3.63, 3.8) is 0 Å².